The molecule has 2 atom stereocenters. The van der Waals surface area contributed by atoms with Gasteiger partial charge in [0, 0.05) is 12.8 Å². The van der Waals surface area contributed by atoms with Gasteiger partial charge in [0.15, 0.2) is 0 Å². The van der Waals surface area contributed by atoms with Crippen LogP contribution in [0.3, 0.4) is 0 Å². The standard InChI is InChI=1S/C24H26O3/c1-5-11-22(18(3)4)24(25)27-23(12-6-2)19-13-10-16-21(17-19)26-20-14-8-7-9-15-20/h1,6-10,13-18,22-23H,2,11-12H2,3-4H3. The molecule has 2 rings (SSSR count). The number of para-hydroxylation sites is 1. The summed E-state index contributed by atoms with van der Waals surface area (Å²) in [5.74, 6) is 3.54. The second-order valence-electron chi connectivity index (χ2n) is 6.70. The van der Waals surface area contributed by atoms with Crippen molar-refractivity contribution in [3.8, 4) is 23.8 Å². The number of esters is 1. The van der Waals surface area contributed by atoms with Gasteiger partial charge in [-0.1, -0.05) is 50.3 Å². The molecule has 2 aromatic carbocycles. The summed E-state index contributed by atoms with van der Waals surface area (Å²) in [4.78, 5) is 12.6. The number of benzene rings is 2. The Morgan fingerprint density at radius 3 is 2.48 bits per heavy atom. The van der Waals surface area contributed by atoms with Crippen LogP contribution in [0.5, 0.6) is 11.5 Å². The minimum atomic E-state index is -0.423. The fraction of sp³-hybridized carbons (Fsp3) is 0.292. The summed E-state index contributed by atoms with van der Waals surface area (Å²) in [7, 11) is 0. The molecule has 0 amide bonds. The first-order chi connectivity index (χ1) is 13.0. The lowest BCUT2D eigenvalue weighted by Crippen LogP contribution is -2.24. The zero-order valence-corrected chi connectivity index (χ0v) is 15.9. The zero-order chi connectivity index (χ0) is 19.6. The highest BCUT2D eigenvalue weighted by Gasteiger charge is 2.26. The predicted molar refractivity (Wildman–Crippen MR) is 108 cm³/mol. The van der Waals surface area contributed by atoms with E-state index < -0.39 is 6.10 Å². The molecule has 0 saturated heterocycles. The van der Waals surface area contributed by atoms with Crippen LogP contribution in [0.1, 0.15) is 38.4 Å². The van der Waals surface area contributed by atoms with Gasteiger partial charge in [-0.05, 0) is 35.7 Å². The average molecular weight is 362 g/mol. The molecule has 27 heavy (non-hydrogen) atoms. The van der Waals surface area contributed by atoms with Gasteiger partial charge in [-0.2, -0.15) is 0 Å². The van der Waals surface area contributed by atoms with Crippen LogP contribution >= 0.6 is 0 Å². The fourth-order valence-electron chi connectivity index (χ4n) is 2.75. The van der Waals surface area contributed by atoms with Crippen molar-refractivity contribution in [1.29, 1.82) is 0 Å². The Hall–Kier alpha value is -2.99. The van der Waals surface area contributed by atoms with Gasteiger partial charge in [-0.15, -0.1) is 18.9 Å². The molecule has 0 N–H and O–H groups in total. The SMILES string of the molecule is C#CCC(C(=O)OC(CC=C)c1cccc(Oc2ccccc2)c1)C(C)C. The second-order valence-corrected chi connectivity index (χ2v) is 6.70. The second kappa shape index (κ2) is 10.2. The Kier molecular flexibility index (Phi) is 7.70. The fourth-order valence-corrected chi connectivity index (χ4v) is 2.75. The van der Waals surface area contributed by atoms with Gasteiger partial charge >= 0.3 is 5.97 Å². The highest BCUT2D eigenvalue weighted by atomic mass is 16.5. The molecule has 0 aromatic heterocycles. The molecule has 0 bridgehead atoms. The number of hydrogen-bond donors (Lipinski definition) is 0. The summed E-state index contributed by atoms with van der Waals surface area (Å²) in [5.41, 5.74) is 0.861. The van der Waals surface area contributed by atoms with Crippen LogP contribution in [0.25, 0.3) is 0 Å². The van der Waals surface area contributed by atoms with Crippen LogP contribution in [-0.4, -0.2) is 5.97 Å². The molecule has 0 aliphatic carbocycles. The van der Waals surface area contributed by atoms with Gasteiger partial charge in [0.25, 0.3) is 0 Å². The predicted octanol–water partition coefficient (Wildman–Crippen LogP) is 5.93. The molecule has 2 aromatic rings. The van der Waals surface area contributed by atoms with Crippen molar-refractivity contribution in [1.82, 2.24) is 0 Å². The quantitative estimate of drug-likeness (QED) is 0.315. The maximum Gasteiger partial charge on any atom is 0.310 e. The Morgan fingerprint density at radius 2 is 1.85 bits per heavy atom. The molecule has 0 fully saturated rings. The number of ether oxygens (including phenoxy) is 2. The van der Waals surface area contributed by atoms with E-state index in [1.54, 1.807) is 6.08 Å². The van der Waals surface area contributed by atoms with Gasteiger partial charge in [-0.3, -0.25) is 4.79 Å². The van der Waals surface area contributed by atoms with Crippen LogP contribution in [-0.2, 0) is 9.53 Å². The van der Waals surface area contributed by atoms with Crippen molar-refractivity contribution >= 4 is 5.97 Å². The highest BCUT2D eigenvalue weighted by molar-refractivity contribution is 5.73. The van der Waals surface area contributed by atoms with Crippen molar-refractivity contribution < 1.29 is 14.3 Å². The summed E-state index contributed by atoms with van der Waals surface area (Å²) in [6.45, 7) is 7.73. The van der Waals surface area contributed by atoms with Crippen molar-refractivity contribution in [3.63, 3.8) is 0 Å². The van der Waals surface area contributed by atoms with E-state index in [2.05, 4.69) is 12.5 Å². The van der Waals surface area contributed by atoms with Crippen LogP contribution < -0.4 is 4.74 Å². The molecule has 0 spiro atoms. The van der Waals surface area contributed by atoms with E-state index >= 15 is 0 Å². The van der Waals surface area contributed by atoms with Gasteiger partial charge < -0.3 is 9.47 Å². The summed E-state index contributed by atoms with van der Waals surface area (Å²) >= 11 is 0. The van der Waals surface area contributed by atoms with Crippen molar-refractivity contribution in [2.24, 2.45) is 11.8 Å². The molecule has 0 aliphatic rings. The zero-order valence-electron chi connectivity index (χ0n) is 15.9. The third-order valence-electron chi connectivity index (χ3n) is 4.29. The smallest absolute Gasteiger partial charge is 0.310 e. The van der Waals surface area contributed by atoms with E-state index in [1.165, 1.54) is 0 Å². The van der Waals surface area contributed by atoms with Gasteiger partial charge in [0.2, 0.25) is 0 Å². The van der Waals surface area contributed by atoms with Crippen LogP contribution in [0.15, 0.2) is 67.3 Å². The third-order valence-corrected chi connectivity index (χ3v) is 4.29. The molecule has 0 aliphatic heterocycles. The molecule has 140 valence electrons. The first-order valence-corrected chi connectivity index (χ1v) is 9.12. The topological polar surface area (TPSA) is 35.5 Å². The van der Waals surface area contributed by atoms with E-state index in [9.17, 15) is 4.79 Å². The molecular formula is C24H26O3. The van der Waals surface area contributed by atoms with E-state index in [4.69, 9.17) is 15.9 Å². The number of carbonyl (C=O) groups excluding carboxylic acids is 1. The third kappa shape index (κ3) is 6.04. The van der Waals surface area contributed by atoms with E-state index in [-0.39, 0.29) is 17.8 Å². The van der Waals surface area contributed by atoms with E-state index in [0.29, 0.717) is 18.6 Å². The van der Waals surface area contributed by atoms with Gasteiger partial charge in [-0.25, -0.2) is 0 Å². The average Bonchev–Trinajstić information content (AvgIpc) is 2.66. The Balaban J connectivity index is 2.18. The van der Waals surface area contributed by atoms with Crippen molar-refractivity contribution in [3.05, 3.63) is 72.8 Å². The van der Waals surface area contributed by atoms with E-state index in [1.807, 2.05) is 68.4 Å². The first kappa shape index (κ1) is 20.3. The first-order valence-electron chi connectivity index (χ1n) is 9.12. The molecule has 3 heteroatoms. The monoisotopic (exact) mass is 362 g/mol. The Labute approximate surface area is 162 Å². The summed E-state index contributed by atoms with van der Waals surface area (Å²) in [5, 5.41) is 0. The number of rotatable bonds is 9. The number of hydrogen-bond acceptors (Lipinski definition) is 3. The van der Waals surface area contributed by atoms with Crippen LogP contribution in [0.4, 0.5) is 0 Å². The summed E-state index contributed by atoms with van der Waals surface area (Å²) in [6.07, 6.45) is 7.61. The van der Waals surface area contributed by atoms with Crippen LogP contribution in [0, 0.1) is 24.2 Å². The normalized spacial score (nSPS) is 12.7. The molecule has 0 radical (unpaired) electrons. The lowest BCUT2D eigenvalue weighted by atomic mass is 9.93. The lowest BCUT2D eigenvalue weighted by molar-refractivity contribution is -0.155. The van der Waals surface area contributed by atoms with Crippen LogP contribution in [0.2, 0.25) is 0 Å². The van der Waals surface area contributed by atoms with Gasteiger partial charge in [0.05, 0.1) is 5.92 Å². The molecule has 0 saturated carbocycles. The molecular weight excluding hydrogens is 336 g/mol. The summed E-state index contributed by atoms with van der Waals surface area (Å²) < 4.78 is 11.7. The maximum atomic E-state index is 12.6. The molecule has 3 nitrogen and oxygen atoms in total. The maximum absolute atomic E-state index is 12.6. The highest BCUT2D eigenvalue weighted by Crippen LogP contribution is 2.30. The Morgan fingerprint density at radius 1 is 1.15 bits per heavy atom. The molecule has 2 unspecified atom stereocenters. The molecule has 0 heterocycles. The largest absolute Gasteiger partial charge is 0.457 e. The number of terminal acetylenes is 1. The van der Waals surface area contributed by atoms with E-state index in [0.717, 1.165) is 11.3 Å². The van der Waals surface area contributed by atoms with Crippen molar-refractivity contribution in [2.45, 2.75) is 32.8 Å². The minimum absolute atomic E-state index is 0.116. The minimum Gasteiger partial charge on any atom is -0.457 e. The summed E-state index contributed by atoms with van der Waals surface area (Å²) in [6, 6.07) is 17.1. The Bertz CT molecular complexity index is 787. The van der Waals surface area contributed by atoms with Gasteiger partial charge in [0.1, 0.15) is 17.6 Å². The lowest BCUT2D eigenvalue weighted by Gasteiger charge is -2.23. The number of carbonyl (C=O) groups is 1. The van der Waals surface area contributed by atoms with Crippen molar-refractivity contribution in [2.75, 3.05) is 0 Å².